The van der Waals surface area contributed by atoms with Crippen LogP contribution in [0.2, 0.25) is 0 Å². The molecule has 6 rings (SSSR count). The fourth-order valence-corrected chi connectivity index (χ4v) is 9.64. The van der Waals surface area contributed by atoms with Gasteiger partial charge in [0.2, 0.25) is 18.0 Å². The van der Waals surface area contributed by atoms with Gasteiger partial charge in [-0.15, -0.1) is 6.58 Å². The third-order valence-electron chi connectivity index (χ3n) is 12.5. The molecule has 4 aliphatic rings. The van der Waals surface area contributed by atoms with Crippen LogP contribution in [-0.4, -0.2) is 120 Å². The number of nitrogens with one attached hydrogen (secondary N) is 1. The number of nitro benzene ring substituents is 1. The van der Waals surface area contributed by atoms with E-state index in [-0.39, 0.29) is 76.0 Å². The number of fused-ring (bicyclic) bond motifs is 2. The highest BCUT2D eigenvalue weighted by Gasteiger charge is 2.65. The van der Waals surface area contributed by atoms with Crippen molar-refractivity contribution in [3.63, 3.8) is 0 Å². The fraction of sp³-hybridized carbons (Fsp3) is 0.562. The predicted octanol–water partition coefficient (Wildman–Crippen LogP) is 6.41. The van der Waals surface area contributed by atoms with Crippen LogP contribution < -0.4 is 14.8 Å². The van der Waals surface area contributed by atoms with Gasteiger partial charge in [-0.25, -0.2) is 4.79 Å². The Morgan fingerprint density at radius 1 is 1.05 bits per heavy atom. The standard InChI is InChI=1S/C48H64N4O13/c1-3-26-62-48-42(51(22-28-60-29-25-55)43(56)21-16-33-14-17-35(18-15-33)52(58)59)32-40(50-65-44-13-7-10-27-61-44)38-30-34(11-5-8-23-53)37(12-6-9-24-54)45(46(38)48)39-31-36(19-20-41(39)64-48)63-47(57)49-4-2/h3,14-21,30-31,34,37,42,44-46,53-55H,1,4-13,22-29,32H2,2H3,(H,49,57). The summed E-state index contributed by atoms with van der Waals surface area (Å²) in [6.45, 7) is 6.73. The van der Waals surface area contributed by atoms with Crippen molar-refractivity contribution in [1.29, 1.82) is 0 Å². The van der Waals surface area contributed by atoms with Gasteiger partial charge in [-0.2, -0.15) is 0 Å². The quantitative estimate of drug-likeness (QED) is 0.0294. The van der Waals surface area contributed by atoms with E-state index in [0.29, 0.717) is 68.0 Å². The number of hydrogen-bond donors (Lipinski definition) is 4. The van der Waals surface area contributed by atoms with Crippen molar-refractivity contribution in [3.05, 3.63) is 94.1 Å². The number of aliphatic hydroxyl groups excluding tert-OH is 3. The summed E-state index contributed by atoms with van der Waals surface area (Å²) in [5.74, 6) is -2.35. The zero-order chi connectivity index (χ0) is 46.2. The first-order chi connectivity index (χ1) is 31.7. The molecule has 2 aliphatic heterocycles. The third-order valence-corrected chi connectivity index (χ3v) is 12.5. The van der Waals surface area contributed by atoms with Crippen LogP contribution in [0.4, 0.5) is 10.5 Å². The van der Waals surface area contributed by atoms with E-state index in [2.05, 4.69) is 18.0 Å². The van der Waals surface area contributed by atoms with Crippen LogP contribution in [0.25, 0.3) is 6.08 Å². The number of nitro groups is 1. The molecule has 1 saturated heterocycles. The molecule has 1 saturated carbocycles. The first-order valence-corrected chi connectivity index (χ1v) is 22.9. The monoisotopic (exact) mass is 904 g/mol. The Hall–Kier alpha value is -5.17. The number of unbranched alkanes of at least 4 members (excludes halogenated alkanes) is 2. The number of hydrogen-bond acceptors (Lipinski definition) is 14. The van der Waals surface area contributed by atoms with Crippen LogP contribution in [0.15, 0.2) is 78.0 Å². The maximum absolute atomic E-state index is 14.9. The van der Waals surface area contributed by atoms with Gasteiger partial charge in [0.15, 0.2) is 0 Å². The molecule has 0 spiro atoms. The molecule has 2 heterocycles. The highest BCUT2D eigenvalue weighted by molar-refractivity contribution is 6.03. The molecule has 4 N–H and O–H groups in total. The lowest BCUT2D eigenvalue weighted by molar-refractivity contribution is -0.384. The summed E-state index contributed by atoms with van der Waals surface area (Å²) in [5.41, 5.74) is 2.66. The summed E-state index contributed by atoms with van der Waals surface area (Å²) in [5, 5.41) is 48.4. The minimum atomic E-state index is -1.58. The van der Waals surface area contributed by atoms with Crippen LogP contribution >= 0.6 is 0 Å². The molecule has 2 aromatic carbocycles. The molecular weight excluding hydrogens is 841 g/mol. The zero-order valence-corrected chi connectivity index (χ0v) is 37.2. The minimum Gasteiger partial charge on any atom is -0.459 e. The highest BCUT2D eigenvalue weighted by atomic mass is 16.8. The molecule has 2 aliphatic carbocycles. The van der Waals surface area contributed by atoms with Gasteiger partial charge in [-0.1, -0.05) is 30.1 Å². The molecule has 7 atom stereocenters. The molecule has 0 bridgehead atoms. The summed E-state index contributed by atoms with van der Waals surface area (Å²) >= 11 is 0. The van der Waals surface area contributed by atoms with Crippen molar-refractivity contribution in [2.45, 2.75) is 95.2 Å². The number of non-ortho nitro benzene ring substituents is 1. The normalized spacial score (nSPS) is 25.2. The van der Waals surface area contributed by atoms with E-state index in [1.807, 2.05) is 6.07 Å². The largest absolute Gasteiger partial charge is 0.459 e. The van der Waals surface area contributed by atoms with E-state index < -0.39 is 41.0 Å². The number of aliphatic hydroxyl groups is 3. The lowest BCUT2D eigenvalue weighted by Crippen LogP contribution is -2.70. The number of benzene rings is 2. The lowest BCUT2D eigenvalue weighted by atomic mass is 9.55. The fourth-order valence-electron chi connectivity index (χ4n) is 9.64. The van der Waals surface area contributed by atoms with Gasteiger partial charge < -0.3 is 54.1 Å². The van der Waals surface area contributed by atoms with Crippen LogP contribution in [0, 0.1) is 27.9 Å². The third kappa shape index (κ3) is 12.2. The number of ether oxygens (including phenoxy) is 5. The highest BCUT2D eigenvalue weighted by Crippen LogP contribution is 2.62. The number of rotatable bonds is 24. The second-order valence-electron chi connectivity index (χ2n) is 16.6. The Morgan fingerprint density at radius 3 is 2.52 bits per heavy atom. The maximum atomic E-state index is 14.9. The van der Waals surface area contributed by atoms with Gasteiger partial charge in [-0.3, -0.25) is 14.9 Å². The molecular formula is C48H64N4O13. The average Bonchev–Trinajstić information content (AvgIpc) is 3.31. The van der Waals surface area contributed by atoms with Crippen LogP contribution in [0.5, 0.6) is 11.5 Å². The van der Waals surface area contributed by atoms with Gasteiger partial charge in [0.1, 0.15) is 17.5 Å². The summed E-state index contributed by atoms with van der Waals surface area (Å²) in [6.07, 6.45) is 12.4. The Bertz CT molecular complexity index is 2000. The molecule has 7 unspecified atom stereocenters. The Kier molecular flexibility index (Phi) is 18.5. The first kappa shape index (κ1) is 49.3. The van der Waals surface area contributed by atoms with E-state index >= 15 is 0 Å². The summed E-state index contributed by atoms with van der Waals surface area (Å²) in [7, 11) is 0. The topological polar surface area (TPSA) is 221 Å². The van der Waals surface area contributed by atoms with Crippen molar-refractivity contribution in [2.75, 3.05) is 59.3 Å². The van der Waals surface area contributed by atoms with Crippen LogP contribution in [0.1, 0.15) is 88.2 Å². The van der Waals surface area contributed by atoms with Crippen molar-refractivity contribution < 1.29 is 58.4 Å². The van der Waals surface area contributed by atoms with Crippen molar-refractivity contribution >= 4 is 29.5 Å². The summed E-state index contributed by atoms with van der Waals surface area (Å²) in [6, 6.07) is 10.2. The summed E-state index contributed by atoms with van der Waals surface area (Å²) in [4.78, 5) is 46.4. The Morgan fingerprint density at radius 2 is 1.83 bits per heavy atom. The average molecular weight is 905 g/mol. The molecule has 0 radical (unpaired) electrons. The maximum Gasteiger partial charge on any atom is 0.412 e. The van der Waals surface area contributed by atoms with Gasteiger partial charge in [0.25, 0.3) is 5.69 Å². The Balaban J connectivity index is 1.57. The second kappa shape index (κ2) is 24.4. The van der Waals surface area contributed by atoms with Gasteiger partial charge in [0, 0.05) is 68.8 Å². The van der Waals surface area contributed by atoms with E-state index in [1.54, 1.807) is 48.2 Å². The molecule has 2 fully saturated rings. The Labute approximate surface area is 380 Å². The van der Waals surface area contributed by atoms with Crippen LogP contribution in [0.3, 0.4) is 0 Å². The molecule has 0 aromatic heterocycles. The molecule has 17 heteroatoms. The molecule has 2 amide bonds. The van der Waals surface area contributed by atoms with E-state index in [0.717, 1.165) is 36.8 Å². The van der Waals surface area contributed by atoms with E-state index in [1.165, 1.54) is 18.2 Å². The van der Waals surface area contributed by atoms with Crippen LogP contribution in [-0.2, 0) is 23.8 Å². The van der Waals surface area contributed by atoms with Crippen molar-refractivity contribution in [3.8, 4) is 11.5 Å². The SMILES string of the molecule is C=CCOC12Oc3ccc(OC(=O)NCC)cc3C3C(CCCCO)C(CCCCO)C=C(C(=NOC4CCCCO4)CC1N(CCOCCO)C(=O)C=Cc1ccc([N+](=O)[O-])cc1)C32. The number of allylic oxidation sites excluding steroid dienone is 1. The summed E-state index contributed by atoms with van der Waals surface area (Å²) < 4.78 is 31.8. The first-order valence-electron chi connectivity index (χ1n) is 22.9. The minimum absolute atomic E-state index is 0.0238. The molecule has 65 heavy (non-hydrogen) atoms. The van der Waals surface area contributed by atoms with Crippen molar-refractivity contribution in [1.82, 2.24) is 10.2 Å². The van der Waals surface area contributed by atoms with Crippen molar-refractivity contribution in [2.24, 2.45) is 22.9 Å². The number of carbonyl (C=O) groups excluding carboxylic acids is 2. The number of amides is 2. The molecule has 354 valence electrons. The van der Waals surface area contributed by atoms with Gasteiger partial charge in [-0.05, 0) is 105 Å². The zero-order valence-electron chi connectivity index (χ0n) is 37.2. The number of carbonyl (C=O) groups is 2. The second-order valence-corrected chi connectivity index (χ2v) is 16.6. The lowest BCUT2D eigenvalue weighted by Gasteiger charge is -2.60. The van der Waals surface area contributed by atoms with E-state index in [4.69, 9.17) is 33.7 Å². The molecule has 17 nitrogen and oxygen atoms in total. The smallest absolute Gasteiger partial charge is 0.412 e. The number of oxime groups is 1. The predicted molar refractivity (Wildman–Crippen MR) is 241 cm³/mol. The number of nitrogens with zero attached hydrogens (tertiary/aromatic N) is 3. The van der Waals surface area contributed by atoms with E-state index in [9.17, 15) is 35.0 Å². The van der Waals surface area contributed by atoms with Gasteiger partial charge in [0.05, 0.1) is 49.6 Å². The van der Waals surface area contributed by atoms with Gasteiger partial charge >= 0.3 is 6.09 Å². The molecule has 2 aromatic rings.